The average Bonchev–Trinajstić information content (AvgIpc) is 2.50. The molecule has 0 aliphatic carbocycles. The number of rotatable bonds is 4. The molecule has 0 aliphatic rings. The van der Waals surface area contributed by atoms with E-state index in [1.807, 2.05) is 30.3 Å². The fourth-order valence-corrected chi connectivity index (χ4v) is 1.64. The molecule has 0 saturated heterocycles. The molecule has 20 heavy (non-hydrogen) atoms. The molecule has 0 fully saturated rings. The lowest BCUT2D eigenvalue weighted by atomic mass is 10.3. The highest BCUT2D eigenvalue weighted by Gasteiger charge is 2.01. The molecular weight excluding hydrogens is 252 g/mol. The van der Waals surface area contributed by atoms with Gasteiger partial charge < -0.3 is 10.6 Å². The molecule has 0 unspecified atom stereocenters. The highest BCUT2D eigenvalue weighted by Crippen LogP contribution is 2.15. The average molecular weight is 264 g/mol. The van der Waals surface area contributed by atoms with Gasteiger partial charge in [-0.25, -0.2) is 15.0 Å². The van der Waals surface area contributed by atoms with E-state index in [4.69, 9.17) is 0 Å². The summed E-state index contributed by atoms with van der Waals surface area (Å²) >= 11 is 0. The van der Waals surface area contributed by atoms with Crippen molar-refractivity contribution in [3.63, 3.8) is 0 Å². The first-order chi connectivity index (χ1) is 9.90. The van der Waals surface area contributed by atoms with Crippen molar-refractivity contribution in [2.45, 2.75) is 0 Å². The fourth-order valence-electron chi connectivity index (χ4n) is 1.64. The predicted octanol–water partition coefficient (Wildman–Crippen LogP) is 2.75. The first-order valence-corrected chi connectivity index (χ1v) is 6.08. The molecule has 2 heterocycles. The van der Waals surface area contributed by atoms with E-state index in [1.54, 1.807) is 24.5 Å². The number of para-hydroxylation sites is 1. The van der Waals surface area contributed by atoms with Crippen molar-refractivity contribution in [1.29, 1.82) is 0 Å². The van der Waals surface area contributed by atoms with Gasteiger partial charge in [-0.2, -0.15) is 4.98 Å². The summed E-state index contributed by atoms with van der Waals surface area (Å²) in [4.78, 5) is 16.4. The van der Waals surface area contributed by atoms with Crippen LogP contribution in [-0.4, -0.2) is 19.9 Å². The fraction of sp³-hybridized carbons (Fsp3) is 0. The second kappa shape index (κ2) is 5.75. The van der Waals surface area contributed by atoms with Gasteiger partial charge in [0, 0.05) is 18.1 Å². The number of hydrogen-bond acceptors (Lipinski definition) is 6. The molecule has 0 saturated carbocycles. The summed E-state index contributed by atoms with van der Waals surface area (Å²) in [5.41, 5.74) is 0.971. The Morgan fingerprint density at radius 3 is 2.40 bits per heavy atom. The molecule has 6 heteroatoms. The molecule has 0 amide bonds. The molecule has 0 spiro atoms. The highest BCUT2D eigenvalue weighted by atomic mass is 15.2. The molecule has 1 aromatic carbocycles. The van der Waals surface area contributed by atoms with Crippen LogP contribution < -0.4 is 10.6 Å². The molecule has 0 radical (unpaired) electrons. The molecule has 0 atom stereocenters. The molecule has 0 aliphatic heterocycles. The Bertz CT molecular complexity index is 615. The minimum Gasteiger partial charge on any atom is -0.340 e. The summed E-state index contributed by atoms with van der Waals surface area (Å²) in [5, 5.41) is 6.22. The maximum atomic E-state index is 4.37. The zero-order chi connectivity index (χ0) is 13.6. The van der Waals surface area contributed by atoms with Gasteiger partial charge in [0.25, 0.3) is 0 Å². The van der Waals surface area contributed by atoms with Gasteiger partial charge in [-0.3, -0.25) is 0 Å². The molecule has 98 valence electrons. The van der Waals surface area contributed by atoms with E-state index >= 15 is 0 Å². The van der Waals surface area contributed by atoms with Crippen LogP contribution in [-0.2, 0) is 0 Å². The van der Waals surface area contributed by atoms with Gasteiger partial charge in [0.05, 0.1) is 0 Å². The Hall–Kier alpha value is -3.02. The Morgan fingerprint density at radius 1 is 0.750 bits per heavy atom. The van der Waals surface area contributed by atoms with Gasteiger partial charge in [-0.15, -0.1) is 0 Å². The predicted molar refractivity (Wildman–Crippen MR) is 77.1 cm³/mol. The van der Waals surface area contributed by atoms with Gasteiger partial charge in [0.2, 0.25) is 5.95 Å². The number of benzene rings is 1. The Kier molecular flexibility index (Phi) is 3.46. The first kappa shape index (κ1) is 12.0. The molecule has 2 aromatic heterocycles. The van der Waals surface area contributed by atoms with Crippen LogP contribution in [0.3, 0.4) is 0 Å². The lowest BCUT2D eigenvalue weighted by molar-refractivity contribution is 1.12. The number of anilines is 4. The van der Waals surface area contributed by atoms with E-state index in [-0.39, 0.29) is 0 Å². The van der Waals surface area contributed by atoms with Crippen LogP contribution in [0.1, 0.15) is 0 Å². The molecular formula is C14H12N6. The van der Waals surface area contributed by atoms with Crippen LogP contribution in [0, 0.1) is 0 Å². The SMILES string of the molecule is c1ccc(Nc2ccnc(Nc3ccncn3)n2)cc1. The monoisotopic (exact) mass is 264 g/mol. The number of nitrogens with zero attached hydrogens (tertiary/aromatic N) is 4. The minimum absolute atomic E-state index is 0.477. The Morgan fingerprint density at radius 2 is 1.60 bits per heavy atom. The third-order valence-corrected chi connectivity index (χ3v) is 2.52. The third kappa shape index (κ3) is 3.05. The quantitative estimate of drug-likeness (QED) is 0.754. The van der Waals surface area contributed by atoms with Crippen molar-refractivity contribution in [1.82, 2.24) is 19.9 Å². The Labute approximate surface area is 116 Å². The van der Waals surface area contributed by atoms with E-state index in [2.05, 4.69) is 30.6 Å². The third-order valence-electron chi connectivity index (χ3n) is 2.52. The van der Waals surface area contributed by atoms with Gasteiger partial charge in [-0.1, -0.05) is 18.2 Å². The van der Waals surface area contributed by atoms with Crippen LogP contribution in [0.25, 0.3) is 0 Å². The van der Waals surface area contributed by atoms with Gasteiger partial charge in [0.15, 0.2) is 0 Å². The lowest BCUT2D eigenvalue weighted by Gasteiger charge is -2.07. The van der Waals surface area contributed by atoms with Crippen molar-refractivity contribution < 1.29 is 0 Å². The van der Waals surface area contributed by atoms with E-state index in [0.717, 1.165) is 5.69 Å². The summed E-state index contributed by atoms with van der Waals surface area (Å²) in [7, 11) is 0. The van der Waals surface area contributed by atoms with Crippen molar-refractivity contribution in [3.05, 3.63) is 61.2 Å². The molecule has 3 rings (SSSR count). The molecule has 3 aromatic rings. The zero-order valence-corrected chi connectivity index (χ0v) is 10.6. The standard InChI is InChI=1S/C14H12N6/c1-2-4-11(5-3-1)18-13-7-9-16-14(20-13)19-12-6-8-15-10-17-12/h1-10H,(H2,15,16,17,18,19,20). The van der Waals surface area contributed by atoms with E-state index < -0.39 is 0 Å². The summed E-state index contributed by atoms with van der Waals surface area (Å²) in [6.07, 6.45) is 4.80. The second-order valence-corrected chi connectivity index (χ2v) is 3.98. The van der Waals surface area contributed by atoms with Crippen LogP contribution >= 0.6 is 0 Å². The number of nitrogens with one attached hydrogen (secondary N) is 2. The van der Waals surface area contributed by atoms with E-state index in [1.165, 1.54) is 6.33 Å². The van der Waals surface area contributed by atoms with Gasteiger partial charge in [-0.05, 0) is 24.3 Å². The highest BCUT2D eigenvalue weighted by molar-refractivity contribution is 5.57. The minimum atomic E-state index is 0.477. The normalized spacial score (nSPS) is 10.0. The smallest absolute Gasteiger partial charge is 0.230 e. The number of hydrogen-bond donors (Lipinski definition) is 2. The summed E-state index contributed by atoms with van der Waals surface area (Å²) in [6.45, 7) is 0. The molecule has 2 N–H and O–H groups in total. The molecule has 6 nitrogen and oxygen atoms in total. The summed E-state index contributed by atoms with van der Waals surface area (Å²) in [5.74, 6) is 1.84. The molecule has 0 bridgehead atoms. The topological polar surface area (TPSA) is 75.6 Å². The van der Waals surface area contributed by atoms with Crippen LogP contribution in [0.4, 0.5) is 23.3 Å². The zero-order valence-electron chi connectivity index (χ0n) is 10.6. The second-order valence-electron chi connectivity index (χ2n) is 3.98. The first-order valence-electron chi connectivity index (χ1n) is 6.08. The largest absolute Gasteiger partial charge is 0.340 e. The van der Waals surface area contributed by atoms with Crippen LogP contribution in [0.2, 0.25) is 0 Å². The van der Waals surface area contributed by atoms with Crippen molar-refractivity contribution in [3.8, 4) is 0 Å². The lowest BCUT2D eigenvalue weighted by Crippen LogP contribution is -2.01. The van der Waals surface area contributed by atoms with Crippen molar-refractivity contribution in [2.75, 3.05) is 10.6 Å². The van der Waals surface area contributed by atoms with E-state index in [9.17, 15) is 0 Å². The maximum Gasteiger partial charge on any atom is 0.230 e. The van der Waals surface area contributed by atoms with Crippen molar-refractivity contribution >= 4 is 23.3 Å². The summed E-state index contributed by atoms with van der Waals surface area (Å²) < 4.78 is 0. The van der Waals surface area contributed by atoms with Gasteiger partial charge in [0.1, 0.15) is 18.0 Å². The Balaban J connectivity index is 1.76. The van der Waals surface area contributed by atoms with Crippen molar-refractivity contribution in [2.24, 2.45) is 0 Å². The van der Waals surface area contributed by atoms with Crippen LogP contribution in [0.5, 0.6) is 0 Å². The maximum absolute atomic E-state index is 4.37. The summed E-state index contributed by atoms with van der Waals surface area (Å²) in [6, 6.07) is 13.4. The van der Waals surface area contributed by atoms with E-state index in [0.29, 0.717) is 17.6 Å². The van der Waals surface area contributed by atoms with Crippen LogP contribution in [0.15, 0.2) is 61.2 Å². The number of aromatic nitrogens is 4. The van der Waals surface area contributed by atoms with Gasteiger partial charge >= 0.3 is 0 Å².